The molecule has 0 aliphatic heterocycles. The lowest BCUT2D eigenvalue weighted by Gasteiger charge is -2.05. The Balaban J connectivity index is 2.51. The number of aryl methyl sites for hydroxylation is 1. The van der Waals surface area contributed by atoms with Crippen LogP contribution in [-0.4, -0.2) is 4.83 Å². The maximum Gasteiger partial charge on any atom is 0.0449 e. The summed E-state index contributed by atoms with van der Waals surface area (Å²) in [5.74, 6) is 0. The van der Waals surface area contributed by atoms with E-state index in [2.05, 4.69) is 44.8 Å². The maximum atomic E-state index is 6.10. The number of hydrogen-bond acceptors (Lipinski definition) is 0. The molecule has 0 saturated carbocycles. The predicted molar refractivity (Wildman–Crippen MR) is 70.5 cm³/mol. The van der Waals surface area contributed by atoms with Crippen LogP contribution in [0.3, 0.4) is 0 Å². The molecule has 0 saturated heterocycles. The molecule has 0 aliphatic rings. The zero-order chi connectivity index (χ0) is 10.6. The fourth-order valence-corrected chi connectivity index (χ4v) is 2.39. The highest BCUT2D eigenvalue weighted by Crippen LogP contribution is 2.23. The smallest absolute Gasteiger partial charge is 0.0449 e. The number of rotatable bonds is 4. The highest BCUT2D eigenvalue weighted by molar-refractivity contribution is 9.10. The topological polar surface area (TPSA) is 0 Å². The molecule has 3 heteroatoms. The second-order valence-electron chi connectivity index (χ2n) is 3.41. The van der Waals surface area contributed by atoms with Crippen molar-refractivity contribution in [3.8, 4) is 0 Å². The van der Waals surface area contributed by atoms with Gasteiger partial charge in [0, 0.05) is 14.3 Å². The summed E-state index contributed by atoms with van der Waals surface area (Å²) in [6.07, 6.45) is 3.42. The largest absolute Gasteiger partial charge is 0.0894 e. The molecule has 14 heavy (non-hydrogen) atoms. The first kappa shape index (κ1) is 12.5. The molecule has 0 aliphatic carbocycles. The molecule has 0 radical (unpaired) electrons. The molecule has 1 unspecified atom stereocenters. The number of alkyl halides is 1. The van der Waals surface area contributed by atoms with Crippen molar-refractivity contribution in [2.24, 2.45) is 0 Å². The van der Waals surface area contributed by atoms with Gasteiger partial charge in [0.05, 0.1) is 0 Å². The van der Waals surface area contributed by atoms with Crippen LogP contribution in [-0.2, 0) is 6.42 Å². The first-order valence-corrected chi connectivity index (χ1v) is 6.76. The van der Waals surface area contributed by atoms with E-state index in [4.69, 9.17) is 11.6 Å². The van der Waals surface area contributed by atoms with Gasteiger partial charge in [0.15, 0.2) is 0 Å². The monoisotopic (exact) mass is 338 g/mol. The van der Waals surface area contributed by atoms with Gasteiger partial charge in [-0.25, -0.2) is 0 Å². The minimum atomic E-state index is 0.594. The van der Waals surface area contributed by atoms with Crippen LogP contribution >= 0.6 is 43.5 Å². The van der Waals surface area contributed by atoms with E-state index in [1.807, 2.05) is 12.1 Å². The van der Waals surface area contributed by atoms with E-state index in [-0.39, 0.29) is 0 Å². The minimum absolute atomic E-state index is 0.594. The zero-order valence-electron chi connectivity index (χ0n) is 8.06. The fraction of sp³-hybridized carbons (Fsp3) is 0.455. The first-order valence-electron chi connectivity index (χ1n) is 4.67. The van der Waals surface area contributed by atoms with Crippen molar-refractivity contribution in [1.29, 1.82) is 0 Å². The van der Waals surface area contributed by atoms with Crippen molar-refractivity contribution < 1.29 is 0 Å². The first-order chi connectivity index (χ1) is 6.59. The summed E-state index contributed by atoms with van der Waals surface area (Å²) in [4.78, 5) is 0.594. The van der Waals surface area contributed by atoms with Gasteiger partial charge in [-0.3, -0.25) is 0 Å². The van der Waals surface area contributed by atoms with Crippen molar-refractivity contribution in [1.82, 2.24) is 0 Å². The summed E-state index contributed by atoms with van der Waals surface area (Å²) in [6, 6.07) is 6.08. The lowest BCUT2D eigenvalue weighted by Crippen LogP contribution is -1.93. The van der Waals surface area contributed by atoms with E-state index < -0.39 is 0 Å². The van der Waals surface area contributed by atoms with E-state index in [1.165, 1.54) is 18.4 Å². The molecule has 78 valence electrons. The molecule has 1 aromatic rings. The number of benzene rings is 1. The normalized spacial score (nSPS) is 12.9. The van der Waals surface area contributed by atoms with Crippen molar-refractivity contribution in [3.63, 3.8) is 0 Å². The van der Waals surface area contributed by atoms with Gasteiger partial charge in [-0.05, 0) is 37.0 Å². The van der Waals surface area contributed by atoms with Gasteiger partial charge >= 0.3 is 0 Å². The van der Waals surface area contributed by atoms with E-state index in [1.54, 1.807) is 0 Å². The van der Waals surface area contributed by atoms with Crippen LogP contribution in [0.25, 0.3) is 0 Å². The van der Waals surface area contributed by atoms with Crippen molar-refractivity contribution in [2.45, 2.75) is 31.0 Å². The molecule has 0 nitrogen and oxygen atoms in total. The SMILES string of the molecule is CC(Br)CCCc1ccc(Br)cc1Cl. The fourth-order valence-electron chi connectivity index (χ4n) is 1.30. The van der Waals surface area contributed by atoms with E-state index in [0.29, 0.717) is 4.83 Å². The second-order valence-corrected chi connectivity index (χ2v) is 6.29. The third-order valence-electron chi connectivity index (χ3n) is 2.06. The number of halogens is 3. The average Bonchev–Trinajstić information content (AvgIpc) is 2.08. The maximum absolute atomic E-state index is 6.10. The van der Waals surface area contributed by atoms with Gasteiger partial charge in [-0.2, -0.15) is 0 Å². The Morgan fingerprint density at radius 2 is 2.14 bits per heavy atom. The summed E-state index contributed by atoms with van der Waals surface area (Å²) in [5, 5.41) is 0.863. The Morgan fingerprint density at radius 3 is 2.71 bits per heavy atom. The Bertz CT molecular complexity index is 297. The van der Waals surface area contributed by atoms with Crippen LogP contribution in [0, 0.1) is 0 Å². The lowest BCUT2D eigenvalue weighted by atomic mass is 10.1. The van der Waals surface area contributed by atoms with Gasteiger partial charge in [-0.1, -0.05) is 56.5 Å². The highest BCUT2D eigenvalue weighted by Gasteiger charge is 2.02. The number of hydrogen-bond donors (Lipinski definition) is 0. The van der Waals surface area contributed by atoms with Crippen LogP contribution in [0.15, 0.2) is 22.7 Å². The molecule has 0 amide bonds. The van der Waals surface area contributed by atoms with Gasteiger partial charge in [0.1, 0.15) is 0 Å². The summed E-state index contributed by atoms with van der Waals surface area (Å²) in [7, 11) is 0. The molecule has 0 bridgehead atoms. The Morgan fingerprint density at radius 1 is 1.43 bits per heavy atom. The molecule has 0 spiro atoms. The third kappa shape index (κ3) is 4.33. The van der Waals surface area contributed by atoms with E-state index >= 15 is 0 Å². The van der Waals surface area contributed by atoms with Crippen molar-refractivity contribution in [3.05, 3.63) is 33.3 Å². The predicted octanol–water partition coefficient (Wildman–Crippen LogP) is 5.21. The van der Waals surface area contributed by atoms with Gasteiger partial charge in [0.2, 0.25) is 0 Å². The molecule has 1 aromatic carbocycles. The Labute approximate surface area is 107 Å². The highest BCUT2D eigenvalue weighted by atomic mass is 79.9. The summed E-state index contributed by atoms with van der Waals surface area (Å²) in [6.45, 7) is 2.17. The van der Waals surface area contributed by atoms with Crippen molar-refractivity contribution in [2.75, 3.05) is 0 Å². The van der Waals surface area contributed by atoms with Crippen LogP contribution in [0.2, 0.25) is 5.02 Å². The Hall–Kier alpha value is 0.470. The molecule has 0 fully saturated rings. The van der Waals surface area contributed by atoms with Gasteiger partial charge < -0.3 is 0 Å². The van der Waals surface area contributed by atoms with Crippen molar-refractivity contribution >= 4 is 43.5 Å². The quantitative estimate of drug-likeness (QED) is 0.660. The van der Waals surface area contributed by atoms with Crippen LogP contribution in [0.5, 0.6) is 0 Å². The standard InChI is InChI=1S/C11H13Br2Cl/c1-8(12)3-2-4-9-5-6-10(13)7-11(9)14/h5-8H,2-4H2,1H3. The average molecular weight is 340 g/mol. The molecule has 0 aromatic heterocycles. The van der Waals surface area contributed by atoms with E-state index in [9.17, 15) is 0 Å². The molecular formula is C11H13Br2Cl. The van der Waals surface area contributed by atoms with Crippen LogP contribution < -0.4 is 0 Å². The van der Waals surface area contributed by atoms with Crippen LogP contribution in [0.4, 0.5) is 0 Å². The molecule has 0 N–H and O–H groups in total. The molecular weight excluding hydrogens is 327 g/mol. The molecule has 0 heterocycles. The summed E-state index contributed by atoms with van der Waals surface area (Å²) < 4.78 is 1.04. The third-order valence-corrected chi connectivity index (χ3v) is 3.37. The molecule has 1 rings (SSSR count). The van der Waals surface area contributed by atoms with E-state index in [0.717, 1.165) is 15.9 Å². The zero-order valence-corrected chi connectivity index (χ0v) is 12.0. The second kappa shape index (κ2) is 6.14. The summed E-state index contributed by atoms with van der Waals surface area (Å²) >= 11 is 13.0. The van der Waals surface area contributed by atoms with Gasteiger partial charge in [-0.15, -0.1) is 0 Å². The van der Waals surface area contributed by atoms with Crippen LogP contribution in [0.1, 0.15) is 25.3 Å². The molecule has 1 atom stereocenters. The lowest BCUT2D eigenvalue weighted by molar-refractivity contribution is 0.736. The Kier molecular flexibility index (Phi) is 5.50. The summed E-state index contributed by atoms with van der Waals surface area (Å²) in [5.41, 5.74) is 1.24. The van der Waals surface area contributed by atoms with Gasteiger partial charge in [0.25, 0.3) is 0 Å². The minimum Gasteiger partial charge on any atom is -0.0894 e.